The minimum absolute atomic E-state index is 0.858. The molecule has 0 radical (unpaired) electrons. The van der Waals surface area contributed by atoms with Crippen LogP contribution < -0.4 is 0 Å². The van der Waals surface area contributed by atoms with Crippen LogP contribution in [0.4, 0.5) is 0 Å². The average molecular weight is 432 g/mol. The molecule has 0 aromatic heterocycles. The highest BCUT2D eigenvalue weighted by atomic mass is 16.7. The molecule has 0 aromatic rings. The predicted octanol–water partition coefficient (Wildman–Crippen LogP) is -0.410. The van der Waals surface area contributed by atoms with E-state index in [9.17, 15) is 28.8 Å². The second-order valence-electron chi connectivity index (χ2n) is 6.44. The van der Waals surface area contributed by atoms with Gasteiger partial charge >= 0.3 is 35.8 Å². The van der Waals surface area contributed by atoms with Gasteiger partial charge in [-0.15, -0.1) is 0 Å². The predicted molar refractivity (Wildman–Crippen MR) is 93.3 cm³/mol. The molecule has 0 N–H and O–H groups in total. The van der Waals surface area contributed by atoms with E-state index < -0.39 is 72.4 Å². The van der Waals surface area contributed by atoms with Gasteiger partial charge in [0.1, 0.15) is 0 Å². The maximum atomic E-state index is 11.7. The van der Waals surface area contributed by atoms with Gasteiger partial charge in [0.05, 0.1) is 0 Å². The molecular weight excluding hydrogens is 408 g/mol. The molecule has 0 atom stereocenters. The first-order chi connectivity index (χ1) is 13.8. The van der Waals surface area contributed by atoms with Crippen LogP contribution in [0.1, 0.15) is 41.5 Å². The molecule has 1 saturated carbocycles. The van der Waals surface area contributed by atoms with Crippen LogP contribution in [-0.4, -0.2) is 72.4 Å². The molecule has 0 bridgehead atoms. The van der Waals surface area contributed by atoms with Crippen LogP contribution in [0, 0.1) is 0 Å². The standard InChI is InChI=1S/C18H24O12/c1-7(19)25-13-14(26-8(2)20)16(28-10(4)22)18(30-12(6)24)17(29-11(5)23)15(13)27-9(3)21/h13-18H,1-6H3/t13-,14-,15+,16+,17-,18-. The third-order valence-corrected chi connectivity index (χ3v) is 3.76. The van der Waals surface area contributed by atoms with Gasteiger partial charge in [0, 0.05) is 41.5 Å². The molecule has 0 heterocycles. The van der Waals surface area contributed by atoms with Crippen molar-refractivity contribution < 1.29 is 57.2 Å². The Morgan fingerprint density at radius 2 is 0.433 bits per heavy atom. The van der Waals surface area contributed by atoms with Crippen molar-refractivity contribution in [2.24, 2.45) is 0 Å². The number of ether oxygens (including phenoxy) is 6. The topological polar surface area (TPSA) is 158 Å². The molecule has 30 heavy (non-hydrogen) atoms. The first-order valence-electron chi connectivity index (χ1n) is 8.86. The molecule has 0 aliphatic heterocycles. The smallest absolute Gasteiger partial charge is 0.303 e. The fourth-order valence-electron chi connectivity index (χ4n) is 3.08. The summed E-state index contributed by atoms with van der Waals surface area (Å²) in [6.45, 7) is 6.22. The number of rotatable bonds is 6. The Hall–Kier alpha value is -3.18. The van der Waals surface area contributed by atoms with Gasteiger partial charge in [-0.2, -0.15) is 0 Å². The van der Waals surface area contributed by atoms with Crippen LogP contribution in [0.5, 0.6) is 0 Å². The molecule has 0 amide bonds. The van der Waals surface area contributed by atoms with E-state index in [-0.39, 0.29) is 0 Å². The normalized spacial score (nSPS) is 27.8. The Morgan fingerprint density at radius 3 is 0.500 bits per heavy atom. The molecule has 12 nitrogen and oxygen atoms in total. The molecular formula is C18H24O12. The summed E-state index contributed by atoms with van der Waals surface area (Å²) in [5.41, 5.74) is 0. The van der Waals surface area contributed by atoms with Crippen molar-refractivity contribution in [2.75, 3.05) is 0 Å². The largest absolute Gasteiger partial charge is 0.454 e. The Labute approximate surface area is 172 Å². The summed E-state index contributed by atoms with van der Waals surface area (Å²) in [5, 5.41) is 0. The van der Waals surface area contributed by atoms with E-state index in [0.29, 0.717) is 0 Å². The SMILES string of the molecule is CC(=O)O[C@H]1[C@H](OC(C)=O)[C@@H](OC(C)=O)[C@H](OC(C)=O)[C@@H](OC(C)=O)[C@@H]1OC(C)=O. The van der Waals surface area contributed by atoms with Crippen molar-refractivity contribution in [1.82, 2.24) is 0 Å². The number of carbonyl (C=O) groups excluding carboxylic acids is 6. The zero-order chi connectivity index (χ0) is 23.2. The molecule has 168 valence electrons. The van der Waals surface area contributed by atoms with E-state index in [0.717, 1.165) is 41.5 Å². The van der Waals surface area contributed by atoms with Crippen molar-refractivity contribution in [1.29, 1.82) is 0 Å². The molecule has 0 spiro atoms. The van der Waals surface area contributed by atoms with E-state index in [1.807, 2.05) is 0 Å². The van der Waals surface area contributed by atoms with Crippen LogP contribution in [-0.2, 0) is 57.2 Å². The fourth-order valence-corrected chi connectivity index (χ4v) is 3.08. The van der Waals surface area contributed by atoms with Gasteiger partial charge in [-0.05, 0) is 0 Å². The highest BCUT2D eigenvalue weighted by molar-refractivity contribution is 5.71. The molecule has 12 heteroatoms. The highest BCUT2D eigenvalue weighted by Crippen LogP contribution is 2.34. The maximum Gasteiger partial charge on any atom is 0.303 e. The Balaban J connectivity index is 3.66. The van der Waals surface area contributed by atoms with Crippen LogP contribution in [0.3, 0.4) is 0 Å². The third kappa shape index (κ3) is 7.01. The van der Waals surface area contributed by atoms with E-state index in [1.165, 1.54) is 0 Å². The van der Waals surface area contributed by atoms with Gasteiger partial charge in [-0.25, -0.2) is 0 Å². The second kappa shape index (κ2) is 10.6. The average Bonchev–Trinajstić information content (AvgIpc) is 2.55. The summed E-state index contributed by atoms with van der Waals surface area (Å²) in [5.74, 6) is -5.15. The van der Waals surface area contributed by atoms with Gasteiger partial charge in [0.25, 0.3) is 0 Å². The first kappa shape index (κ1) is 24.9. The van der Waals surface area contributed by atoms with E-state index in [2.05, 4.69) is 0 Å². The third-order valence-electron chi connectivity index (χ3n) is 3.76. The summed E-state index contributed by atoms with van der Waals surface area (Å²) in [6.07, 6.45) is -9.27. The molecule has 1 aliphatic rings. The van der Waals surface area contributed by atoms with Crippen molar-refractivity contribution in [3.63, 3.8) is 0 Å². The Kier molecular flexibility index (Phi) is 8.75. The lowest BCUT2D eigenvalue weighted by atomic mass is 9.83. The van der Waals surface area contributed by atoms with Crippen molar-refractivity contribution in [2.45, 2.75) is 78.2 Å². The monoisotopic (exact) mass is 432 g/mol. The lowest BCUT2D eigenvalue weighted by molar-refractivity contribution is -0.259. The molecule has 0 saturated heterocycles. The summed E-state index contributed by atoms with van der Waals surface area (Å²) < 4.78 is 31.1. The lowest BCUT2D eigenvalue weighted by Crippen LogP contribution is -2.68. The molecule has 0 unspecified atom stereocenters. The van der Waals surface area contributed by atoms with Crippen LogP contribution >= 0.6 is 0 Å². The molecule has 1 aliphatic carbocycles. The van der Waals surface area contributed by atoms with Gasteiger partial charge in [-0.3, -0.25) is 28.8 Å². The number of esters is 6. The van der Waals surface area contributed by atoms with Gasteiger partial charge in [0.15, 0.2) is 36.6 Å². The molecule has 0 aromatic carbocycles. The fraction of sp³-hybridized carbons (Fsp3) is 0.667. The summed E-state index contributed by atoms with van der Waals surface area (Å²) >= 11 is 0. The minimum atomic E-state index is -1.55. The van der Waals surface area contributed by atoms with Crippen LogP contribution in [0.2, 0.25) is 0 Å². The maximum absolute atomic E-state index is 11.7. The Bertz CT molecular complexity index is 547. The van der Waals surface area contributed by atoms with E-state index >= 15 is 0 Å². The lowest BCUT2D eigenvalue weighted by Gasteiger charge is -2.46. The highest BCUT2D eigenvalue weighted by Gasteiger charge is 2.60. The number of hydrogen-bond acceptors (Lipinski definition) is 12. The van der Waals surface area contributed by atoms with E-state index in [4.69, 9.17) is 28.4 Å². The van der Waals surface area contributed by atoms with E-state index in [1.54, 1.807) is 0 Å². The molecule has 1 rings (SSSR count). The van der Waals surface area contributed by atoms with Crippen LogP contribution in [0.25, 0.3) is 0 Å². The summed E-state index contributed by atoms with van der Waals surface area (Å²) in [4.78, 5) is 70.1. The second-order valence-corrected chi connectivity index (χ2v) is 6.44. The first-order valence-corrected chi connectivity index (χ1v) is 8.86. The minimum Gasteiger partial charge on any atom is -0.454 e. The van der Waals surface area contributed by atoms with Crippen molar-refractivity contribution in [3.05, 3.63) is 0 Å². The quantitative estimate of drug-likeness (QED) is 0.395. The zero-order valence-electron chi connectivity index (χ0n) is 17.4. The van der Waals surface area contributed by atoms with Gasteiger partial charge in [-0.1, -0.05) is 0 Å². The number of carbonyl (C=O) groups is 6. The summed E-state index contributed by atoms with van der Waals surface area (Å²) in [6, 6.07) is 0. The number of hydrogen-bond donors (Lipinski definition) is 0. The van der Waals surface area contributed by atoms with Gasteiger partial charge in [0.2, 0.25) is 0 Å². The van der Waals surface area contributed by atoms with Crippen molar-refractivity contribution >= 4 is 35.8 Å². The van der Waals surface area contributed by atoms with Crippen LogP contribution in [0.15, 0.2) is 0 Å². The zero-order valence-corrected chi connectivity index (χ0v) is 17.4. The summed E-state index contributed by atoms with van der Waals surface area (Å²) in [7, 11) is 0. The molecule has 1 fully saturated rings. The van der Waals surface area contributed by atoms with Gasteiger partial charge < -0.3 is 28.4 Å². The Morgan fingerprint density at radius 1 is 0.333 bits per heavy atom. The van der Waals surface area contributed by atoms with Crippen molar-refractivity contribution in [3.8, 4) is 0 Å².